The van der Waals surface area contributed by atoms with Crippen LogP contribution in [0.2, 0.25) is 0 Å². The van der Waals surface area contributed by atoms with Crippen molar-refractivity contribution in [2.75, 3.05) is 28.2 Å². The zero-order valence-electron chi connectivity index (χ0n) is 11.6. The minimum absolute atomic E-state index is 0. The second-order valence-corrected chi connectivity index (χ2v) is 5.39. The number of benzene rings is 1. The standard InChI is InChI=1S/C13H20BrN3.HI/c1-10-8-12(14)7-6-11(10)9-15-13(16(2)3)17(4)5;/h6-8H,9H2,1-5H3;1H. The zero-order chi connectivity index (χ0) is 13.0. The zero-order valence-corrected chi connectivity index (χ0v) is 15.5. The molecule has 0 bridgehead atoms. The Morgan fingerprint density at radius 1 is 1.17 bits per heavy atom. The first-order valence-electron chi connectivity index (χ1n) is 5.56. The van der Waals surface area contributed by atoms with Gasteiger partial charge >= 0.3 is 0 Å². The van der Waals surface area contributed by atoms with Gasteiger partial charge in [-0.05, 0) is 30.2 Å². The van der Waals surface area contributed by atoms with Crippen LogP contribution >= 0.6 is 39.9 Å². The Kier molecular flexibility index (Phi) is 7.86. The van der Waals surface area contributed by atoms with E-state index in [9.17, 15) is 0 Å². The molecule has 0 spiro atoms. The molecule has 0 amide bonds. The van der Waals surface area contributed by atoms with Crippen molar-refractivity contribution < 1.29 is 0 Å². The molecule has 0 aliphatic carbocycles. The fourth-order valence-electron chi connectivity index (χ4n) is 1.68. The Balaban J connectivity index is 0.00000289. The van der Waals surface area contributed by atoms with Crippen molar-refractivity contribution >= 4 is 45.9 Å². The van der Waals surface area contributed by atoms with Gasteiger partial charge in [-0.15, -0.1) is 24.0 Å². The van der Waals surface area contributed by atoms with Crippen molar-refractivity contribution in [2.45, 2.75) is 13.5 Å². The van der Waals surface area contributed by atoms with Gasteiger partial charge in [0.25, 0.3) is 0 Å². The number of rotatable bonds is 2. The maximum atomic E-state index is 4.64. The van der Waals surface area contributed by atoms with E-state index in [1.807, 2.05) is 38.0 Å². The highest BCUT2D eigenvalue weighted by Crippen LogP contribution is 2.16. The van der Waals surface area contributed by atoms with Crippen molar-refractivity contribution in [1.82, 2.24) is 9.80 Å². The van der Waals surface area contributed by atoms with E-state index in [-0.39, 0.29) is 24.0 Å². The van der Waals surface area contributed by atoms with Crippen LogP contribution in [-0.4, -0.2) is 44.0 Å². The summed E-state index contributed by atoms with van der Waals surface area (Å²) in [6.45, 7) is 2.82. The van der Waals surface area contributed by atoms with Crippen LogP contribution in [0.3, 0.4) is 0 Å². The second-order valence-electron chi connectivity index (χ2n) is 4.48. The third-order valence-electron chi connectivity index (χ3n) is 2.50. The molecule has 102 valence electrons. The summed E-state index contributed by atoms with van der Waals surface area (Å²) in [4.78, 5) is 8.68. The second kappa shape index (κ2) is 7.99. The average Bonchev–Trinajstić information content (AvgIpc) is 2.20. The van der Waals surface area contributed by atoms with Crippen molar-refractivity contribution in [3.05, 3.63) is 33.8 Å². The van der Waals surface area contributed by atoms with Gasteiger partial charge in [0.1, 0.15) is 0 Å². The summed E-state index contributed by atoms with van der Waals surface area (Å²) in [6.07, 6.45) is 0. The molecule has 0 unspecified atom stereocenters. The molecule has 0 fully saturated rings. The van der Waals surface area contributed by atoms with Crippen LogP contribution in [-0.2, 0) is 6.54 Å². The summed E-state index contributed by atoms with van der Waals surface area (Å²) in [6, 6.07) is 6.30. The first kappa shape index (κ1) is 17.7. The lowest BCUT2D eigenvalue weighted by Crippen LogP contribution is -2.35. The molecule has 18 heavy (non-hydrogen) atoms. The SMILES string of the molecule is Cc1cc(Br)ccc1CN=C(N(C)C)N(C)C.I. The van der Waals surface area contributed by atoms with E-state index >= 15 is 0 Å². The minimum atomic E-state index is 0. The number of aryl methyl sites for hydroxylation is 1. The first-order valence-corrected chi connectivity index (χ1v) is 6.35. The molecule has 0 aliphatic rings. The monoisotopic (exact) mass is 425 g/mol. The number of hydrogen-bond donors (Lipinski definition) is 0. The number of guanidine groups is 1. The molecule has 1 aromatic rings. The van der Waals surface area contributed by atoms with Gasteiger partial charge in [-0.1, -0.05) is 22.0 Å². The predicted octanol–water partition coefficient (Wildman–Crippen LogP) is 3.35. The summed E-state index contributed by atoms with van der Waals surface area (Å²) in [5.41, 5.74) is 2.52. The smallest absolute Gasteiger partial charge is 0.195 e. The molecule has 0 aliphatic heterocycles. The normalized spacial score (nSPS) is 9.44. The van der Waals surface area contributed by atoms with Crippen LogP contribution in [0.1, 0.15) is 11.1 Å². The van der Waals surface area contributed by atoms with Gasteiger partial charge in [0.2, 0.25) is 0 Å². The fourth-order valence-corrected chi connectivity index (χ4v) is 2.15. The molecular formula is C13H21BrIN3. The summed E-state index contributed by atoms with van der Waals surface area (Å²) in [5.74, 6) is 0.979. The van der Waals surface area contributed by atoms with E-state index < -0.39 is 0 Å². The lowest BCUT2D eigenvalue weighted by atomic mass is 10.1. The van der Waals surface area contributed by atoms with Crippen LogP contribution in [0.15, 0.2) is 27.7 Å². The summed E-state index contributed by atoms with van der Waals surface area (Å²) in [5, 5.41) is 0. The van der Waals surface area contributed by atoms with Gasteiger partial charge in [0.05, 0.1) is 6.54 Å². The van der Waals surface area contributed by atoms with Gasteiger partial charge in [-0.25, -0.2) is 4.99 Å². The lowest BCUT2D eigenvalue weighted by molar-refractivity contribution is 0.479. The van der Waals surface area contributed by atoms with E-state index in [1.54, 1.807) is 0 Å². The molecule has 0 aromatic heterocycles. The van der Waals surface area contributed by atoms with Gasteiger partial charge in [-0.3, -0.25) is 0 Å². The number of aliphatic imine (C=N–C) groups is 1. The van der Waals surface area contributed by atoms with Crippen molar-refractivity contribution in [3.8, 4) is 0 Å². The quantitative estimate of drug-likeness (QED) is 0.411. The highest BCUT2D eigenvalue weighted by Gasteiger charge is 2.04. The molecule has 0 saturated carbocycles. The fraction of sp³-hybridized carbons (Fsp3) is 0.462. The summed E-state index contributed by atoms with van der Waals surface area (Å²) in [7, 11) is 8.03. The minimum Gasteiger partial charge on any atom is -0.349 e. The maximum Gasteiger partial charge on any atom is 0.195 e. The summed E-state index contributed by atoms with van der Waals surface area (Å²) < 4.78 is 1.11. The van der Waals surface area contributed by atoms with Crippen molar-refractivity contribution in [2.24, 2.45) is 4.99 Å². The number of hydrogen-bond acceptors (Lipinski definition) is 1. The van der Waals surface area contributed by atoms with E-state index in [2.05, 4.69) is 46.0 Å². The molecular weight excluding hydrogens is 405 g/mol. The van der Waals surface area contributed by atoms with E-state index in [4.69, 9.17) is 0 Å². The van der Waals surface area contributed by atoms with Crippen molar-refractivity contribution in [3.63, 3.8) is 0 Å². The maximum absolute atomic E-state index is 4.64. The van der Waals surface area contributed by atoms with Gasteiger partial charge in [-0.2, -0.15) is 0 Å². The van der Waals surface area contributed by atoms with Gasteiger partial charge < -0.3 is 9.80 Å². The highest BCUT2D eigenvalue weighted by molar-refractivity contribution is 14.0. The van der Waals surface area contributed by atoms with Crippen LogP contribution < -0.4 is 0 Å². The Labute approximate surface area is 135 Å². The lowest BCUT2D eigenvalue weighted by Gasteiger charge is -2.22. The molecule has 0 N–H and O–H groups in total. The molecule has 1 rings (SSSR count). The molecule has 0 heterocycles. The number of halogens is 2. The van der Waals surface area contributed by atoms with E-state index in [1.165, 1.54) is 11.1 Å². The third kappa shape index (κ3) is 5.14. The number of nitrogens with zero attached hydrogens (tertiary/aromatic N) is 3. The molecule has 3 nitrogen and oxygen atoms in total. The van der Waals surface area contributed by atoms with Crippen LogP contribution in [0.25, 0.3) is 0 Å². The Morgan fingerprint density at radius 3 is 2.17 bits per heavy atom. The van der Waals surface area contributed by atoms with Crippen LogP contribution in [0, 0.1) is 6.92 Å². The summed E-state index contributed by atoms with van der Waals surface area (Å²) >= 11 is 3.47. The van der Waals surface area contributed by atoms with Crippen LogP contribution in [0.5, 0.6) is 0 Å². The molecule has 0 saturated heterocycles. The molecule has 0 atom stereocenters. The Morgan fingerprint density at radius 2 is 1.72 bits per heavy atom. The Bertz CT molecular complexity index is 407. The Hall–Kier alpha value is -0.300. The molecule has 0 radical (unpaired) electrons. The van der Waals surface area contributed by atoms with E-state index in [0.717, 1.165) is 10.4 Å². The highest BCUT2D eigenvalue weighted by atomic mass is 127. The molecule has 5 heteroatoms. The predicted molar refractivity (Wildman–Crippen MR) is 92.8 cm³/mol. The topological polar surface area (TPSA) is 18.8 Å². The van der Waals surface area contributed by atoms with Crippen LogP contribution in [0.4, 0.5) is 0 Å². The first-order chi connectivity index (χ1) is 7.91. The van der Waals surface area contributed by atoms with E-state index in [0.29, 0.717) is 6.54 Å². The van der Waals surface area contributed by atoms with Gasteiger partial charge in [0, 0.05) is 32.7 Å². The molecule has 1 aromatic carbocycles. The third-order valence-corrected chi connectivity index (χ3v) is 2.99. The van der Waals surface area contributed by atoms with Crippen molar-refractivity contribution in [1.29, 1.82) is 0 Å². The van der Waals surface area contributed by atoms with Gasteiger partial charge in [0.15, 0.2) is 5.96 Å². The average molecular weight is 426 g/mol. The largest absolute Gasteiger partial charge is 0.349 e.